The number of benzene rings is 3. The summed E-state index contributed by atoms with van der Waals surface area (Å²) >= 11 is 5.93. The van der Waals surface area contributed by atoms with Gasteiger partial charge in [-0.25, -0.2) is 8.42 Å². The van der Waals surface area contributed by atoms with Gasteiger partial charge in [0.05, 0.1) is 21.8 Å². The van der Waals surface area contributed by atoms with Crippen molar-refractivity contribution in [1.29, 1.82) is 0 Å². The lowest BCUT2D eigenvalue weighted by atomic mass is 10.1. The third kappa shape index (κ3) is 6.61. The zero-order chi connectivity index (χ0) is 25.6. The third-order valence-electron chi connectivity index (χ3n) is 5.41. The van der Waals surface area contributed by atoms with Gasteiger partial charge in [0.25, 0.3) is 15.9 Å². The lowest BCUT2D eigenvalue weighted by Gasteiger charge is -2.25. The van der Waals surface area contributed by atoms with Crippen molar-refractivity contribution < 1.29 is 18.0 Å². The summed E-state index contributed by atoms with van der Waals surface area (Å²) in [5, 5.41) is 5.98. The van der Waals surface area contributed by atoms with Crippen LogP contribution in [0.2, 0.25) is 5.02 Å². The number of halogens is 1. The zero-order valence-electron chi connectivity index (χ0n) is 19.8. The van der Waals surface area contributed by atoms with Crippen LogP contribution in [-0.4, -0.2) is 32.8 Å². The number of rotatable bonds is 9. The molecule has 0 radical (unpaired) electrons. The van der Waals surface area contributed by atoms with Crippen LogP contribution in [0.5, 0.6) is 0 Å². The molecule has 3 rings (SSSR count). The Morgan fingerprint density at radius 1 is 1.00 bits per heavy atom. The Balaban J connectivity index is 1.91. The standard InChI is InChI=1S/C26H28ClN3O4S/c1-4-19(3)28-26(32)23-10-5-6-11-24(23)29-25(31)17-30(21-9-7-8-18(2)16-21)35(33,34)22-14-12-20(27)13-15-22/h5-16,19H,4,17H2,1-3H3,(H,28,32)(H,29,31)/t19-/m1/s1. The zero-order valence-corrected chi connectivity index (χ0v) is 21.4. The molecule has 2 amide bonds. The van der Waals surface area contributed by atoms with E-state index in [1.54, 1.807) is 42.5 Å². The molecule has 2 N–H and O–H groups in total. The topological polar surface area (TPSA) is 95.6 Å². The summed E-state index contributed by atoms with van der Waals surface area (Å²) in [6.45, 7) is 5.19. The first kappa shape index (κ1) is 26.2. The van der Waals surface area contributed by atoms with E-state index in [2.05, 4.69) is 10.6 Å². The van der Waals surface area contributed by atoms with E-state index in [0.717, 1.165) is 16.3 Å². The molecule has 9 heteroatoms. The van der Waals surface area contributed by atoms with Crippen molar-refractivity contribution in [3.8, 4) is 0 Å². The molecule has 3 aromatic rings. The Morgan fingerprint density at radius 3 is 2.34 bits per heavy atom. The molecule has 0 spiro atoms. The van der Waals surface area contributed by atoms with E-state index < -0.39 is 22.5 Å². The number of anilines is 2. The predicted molar refractivity (Wildman–Crippen MR) is 139 cm³/mol. The SMILES string of the molecule is CC[C@@H](C)NC(=O)c1ccccc1NC(=O)CN(c1cccc(C)c1)S(=O)(=O)c1ccc(Cl)cc1. The molecule has 35 heavy (non-hydrogen) atoms. The van der Waals surface area contributed by atoms with E-state index in [1.807, 2.05) is 26.8 Å². The highest BCUT2D eigenvalue weighted by atomic mass is 35.5. The Morgan fingerprint density at radius 2 is 1.69 bits per heavy atom. The Bertz CT molecular complexity index is 1310. The summed E-state index contributed by atoms with van der Waals surface area (Å²) in [7, 11) is -4.09. The first-order chi connectivity index (χ1) is 16.6. The van der Waals surface area contributed by atoms with Crippen LogP contribution in [0.3, 0.4) is 0 Å². The van der Waals surface area contributed by atoms with Gasteiger partial charge < -0.3 is 10.6 Å². The highest BCUT2D eigenvalue weighted by Gasteiger charge is 2.28. The highest BCUT2D eigenvalue weighted by molar-refractivity contribution is 7.92. The van der Waals surface area contributed by atoms with E-state index in [1.165, 1.54) is 24.3 Å². The number of aryl methyl sites for hydroxylation is 1. The molecular weight excluding hydrogens is 486 g/mol. The largest absolute Gasteiger partial charge is 0.350 e. The molecular formula is C26H28ClN3O4S. The predicted octanol–water partition coefficient (Wildman–Crippen LogP) is 5.01. The molecule has 0 saturated heterocycles. The van der Waals surface area contributed by atoms with Gasteiger partial charge in [0.2, 0.25) is 5.91 Å². The van der Waals surface area contributed by atoms with Gasteiger partial charge in [-0.15, -0.1) is 0 Å². The van der Waals surface area contributed by atoms with Crippen LogP contribution in [-0.2, 0) is 14.8 Å². The summed E-state index contributed by atoms with van der Waals surface area (Å²) in [6.07, 6.45) is 0.758. The van der Waals surface area contributed by atoms with Gasteiger partial charge in [-0.3, -0.25) is 13.9 Å². The van der Waals surface area contributed by atoms with E-state index in [0.29, 0.717) is 22.0 Å². The maximum absolute atomic E-state index is 13.5. The summed E-state index contributed by atoms with van der Waals surface area (Å²) in [6, 6.07) is 19.2. The van der Waals surface area contributed by atoms with E-state index in [-0.39, 0.29) is 16.8 Å². The molecule has 0 aliphatic carbocycles. The van der Waals surface area contributed by atoms with Crippen molar-refractivity contribution in [2.24, 2.45) is 0 Å². The molecule has 3 aromatic carbocycles. The van der Waals surface area contributed by atoms with Crippen molar-refractivity contribution in [1.82, 2.24) is 5.32 Å². The number of hydrogen-bond acceptors (Lipinski definition) is 4. The number of para-hydroxylation sites is 1. The van der Waals surface area contributed by atoms with Gasteiger partial charge >= 0.3 is 0 Å². The van der Waals surface area contributed by atoms with Crippen molar-refractivity contribution in [2.45, 2.75) is 38.1 Å². The summed E-state index contributed by atoms with van der Waals surface area (Å²) in [4.78, 5) is 25.8. The minimum absolute atomic E-state index is 0.00420. The maximum Gasteiger partial charge on any atom is 0.264 e. The smallest absolute Gasteiger partial charge is 0.264 e. The van der Waals surface area contributed by atoms with Crippen LogP contribution >= 0.6 is 11.6 Å². The van der Waals surface area contributed by atoms with Crippen molar-refractivity contribution >= 4 is 44.8 Å². The third-order valence-corrected chi connectivity index (χ3v) is 7.45. The molecule has 0 saturated carbocycles. The number of amides is 2. The van der Waals surface area contributed by atoms with Gasteiger partial charge in [0.1, 0.15) is 6.54 Å². The second-order valence-corrected chi connectivity index (χ2v) is 10.5. The molecule has 0 aliphatic rings. The highest BCUT2D eigenvalue weighted by Crippen LogP contribution is 2.26. The molecule has 0 aromatic heterocycles. The van der Waals surface area contributed by atoms with Crippen molar-refractivity contribution in [3.63, 3.8) is 0 Å². The Kier molecular flexibility index (Phi) is 8.53. The number of sulfonamides is 1. The molecule has 1 atom stereocenters. The van der Waals surface area contributed by atoms with Crippen LogP contribution < -0.4 is 14.9 Å². The molecule has 0 unspecified atom stereocenters. The molecule has 7 nitrogen and oxygen atoms in total. The minimum atomic E-state index is -4.09. The van der Waals surface area contributed by atoms with Gasteiger partial charge in [-0.05, 0) is 74.4 Å². The Labute approximate surface area is 211 Å². The lowest BCUT2D eigenvalue weighted by Crippen LogP contribution is -2.38. The van der Waals surface area contributed by atoms with Gasteiger partial charge in [-0.2, -0.15) is 0 Å². The second kappa shape index (κ2) is 11.4. The number of nitrogens with zero attached hydrogens (tertiary/aromatic N) is 1. The molecule has 0 bridgehead atoms. The van der Waals surface area contributed by atoms with Crippen LogP contribution in [0.4, 0.5) is 11.4 Å². The first-order valence-corrected chi connectivity index (χ1v) is 13.0. The fraction of sp³-hybridized carbons (Fsp3) is 0.231. The van der Waals surface area contributed by atoms with E-state index in [9.17, 15) is 18.0 Å². The minimum Gasteiger partial charge on any atom is -0.350 e. The number of carbonyl (C=O) groups is 2. The van der Waals surface area contributed by atoms with Crippen molar-refractivity contribution in [3.05, 3.63) is 88.9 Å². The number of nitrogens with one attached hydrogen (secondary N) is 2. The summed E-state index contributed by atoms with van der Waals surface area (Å²) in [5.74, 6) is -0.910. The van der Waals surface area contributed by atoms with Crippen LogP contribution in [0.1, 0.15) is 36.2 Å². The normalized spacial score (nSPS) is 12.0. The first-order valence-electron chi connectivity index (χ1n) is 11.2. The maximum atomic E-state index is 13.5. The van der Waals surface area contributed by atoms with E-state index >= 15 is 0 Å². The van der Waals surface area contributed by atoms with Crippen LogP contribution in [0.25, 0.3) is 0 Å². The monoisotopic (exact) mass is 513 g/mol. The average molecular weight is 514 g/mol. The molecule has 0 aliphatic heterocycles. The molecule has 184 valence electrons. The average Bonchev–Trinajstić information content (AvgIpc) is 2.83. The Hall–Kier alpha value is -3.36. The van der Waals surface area contributed by atoms with E-state index in [4.69, 9.17) is 11.6 Å². The second-order valence-electron chi connectivity index (χ2n) is 8.18. The quantitative estimate of drug-likeness (QED) is 0.420. The fourth-order valence-corrected chi connectivity index (χ4v) is 4.88. The van der Waals surface area contributed by atoms with Crippen molar-refractivity contribution in [2.75, 3.05) is 16.2 Å². The summed E-state index contributed by atoms with van der Waals surface area (Å²) in [5.41, 5.74) is 1.78. The number of carbonyl (C=O) groups excluding carboxylic acids is 2. The lowest BCUT2D eigenvalue weighted by molar-refractivity contribution is -0.114. The van der Waals surface area contributed by atoms with Crippen LogP contribution in [0, 0.1) is 6.92 Å². The molecule has 0 heterocycles. The molecule has 0 fully saturated rings. The van der Waals surface area contributed by atoms with Gasteiger partial charge in [0, 0.05) is 11.1 Å². The fourth-order valence-electron chi connectivity index (χ4n) is 3.35. The summed E-state index contributed by atoms with van der Waals surface area (Å²) < 4.78 is 28.1. The van der Waals surface area contributed by atoms with Gasteiger partial charge in [-0.1, -0.05) is 42.8 Å². The van der Waals surface area contributed by atoms with Crippen LogP contribution in [0.15, 0.2) is 77.7 Å². The van der Waals surface area contributed by atoms with Gasteiger partial charge in [0.15, 0.2) is 0 Å². The number of hydrogen-bond donors (Lipinski definition) is 2.